The Balaban J connectivity index is 1.52. The van der Waals surface area contributed by atoms with E-state index in [1.807, 2.05) is 19.9 Å². The number of imide groups is 1. The normalized spacial score (nSPS) is 13.8. The number of ether oxygens (including phenoxy) is 2. The standard InChI is InChI=1S/C28H24N4O9S/c1-4-40-24-12-18(6-9-23(24)41-22-10-8-20(31(36)37)14-21(22)32(38)39)13-25-27(34)30(28(35)42-25)15-26(33)29-19-7-5-16(2)17(3)11-19/h5-14H,4,15H2,1-3H3,(H,29,33)/b25-13+. The fraction of sp³-hybridized carbons (Fsp3) is 0.179. The van der Waals surface area contributed by atoms with E-state index in [2.05, 4.69) is 5.32 Å². The van der Waals surface area contributed by atoms with Gasteiger partial charge in [0.1, 0.15) is 6.54 Å². The lowest BCUT2D eigenvalue weighted by molar-refractivity contribution is -0.394. The molecule has 1 heterocycles. The third-order valence-electron chi connectivity index (χ3n) is 6.10. The molecule has 0 spiro atoms. The monoisotopic (exact) mass is 592 g/mol. The van der Waals surface area contributed by atoms with Crippen molar-refractivity contribution in [1.82, 2.24) is 4.90 Å². The summed E-state index contributed by atoms with van der Waals surface area (Å²) in [6, 6.07) is 12.9. The Bertz CT molecular complexity index is 1650. The Morgan fingerprint density at radius 2 is 1.69 bits per heavy atom. The van der Waals surface area contributed by atoms with Gasteiger partial charge in [0.25, 0.3) is 16.8 Å². The average Bonchev–Trinajstić information content (AvgIpc) is 3.19. The number of anilines is 1. The van der Waals surface area contributed by atoms with Gasteiger partial charge in [-0.3, -0.25) is 39.5 Å². The molecule has 216 valence electrons. The van der Waals surface area contributed by atoms with Gasteiger partial charge < -0.3 is 14.8 Å². The molecule has 0 atom stereocenters. The second kappa shape index (κ2) is 12.5. The van der Waals surface area contributed by atoms with Gasteiger partial charge in [-0.2, -0.15) is 0 Å². The molecular weight excluding hydrogens is 568 g/mol. The van der Waals surface area contributed by atoms with Gasteiger partial charge in [-0.15, -0.1) is 0 Å². The Kier molecular flexibility index (Phi) is 8.86. The quantitative estimate of drug-likeness (QED) is 0.168. The van der Waals surface area contributed by atoms with Crippen LogP contribution in [0.25, 0.3) is 6.08 Å². The van der Waals surface area contributed by atoms with E-state index in [0.717, 1.165) is 34.2 Å². The number of carbonyl (C=O) groups excluding carboxylic acids is 3. The van der Waals surface area contributed by atoms with Crippen LogP contribution in [0.1, 0.15) is 23.6 Å². The van der Waals surface area contributed by atoms with Gasteiger partial charge in [-0.1, -0.05) is 12.1 Å². The third kappa shape index (κ3) is 6.72. The Labute approximate surface area is 243 Å². The molecule has 14 heteroatoms. The highest BCUT2D eigenvalue weighted by Crippen LogP contribution is 2.39. The molecule has 0 aromatic heterocycles. The van der Waals surface area contributed by atoms with Crippen LogP contribution in [0, 0.1) is 34.1 Å². The summed E-state index contributed by atoms with van der Waals surface area (Å²) < 4.78 is 11.3. The summed E-state index contributed by atoms with van der Waals surface area (Å²) in [5.74, 6) is -1.14. The number of hydrogen-bond acceptors (Lipinski definition) is 10. The Morgan fingerprint density at radius 3 is 2.36 bits per heavy atom. The zero-order valence-electron chi connectivity index (χ0n) is 22.6. The second-order valence-corrected chi connectivity index (χ2v) is 10.0. The molecule has 4 rings (SSSR count). The molecular formula is C28H24N4O9S. The number of carbonyl (C=O) groups is 3. The number of nitrogens with one attached hydrogen (secondary N) is 1. The van der Waals surface area contributed by atoms with E-state index in [0.29, 0.717) is 23.0 Å². The molecule has 0 unspecified atom stereocenters. The van der Waals surface area contributed by atoms with Gasteiger partial charge in [0, 0.05) is 11.8 Å². The number of rotatable bonds is 10. The van der Waals surface area contributed by atoms with Gasteiger partial charge in [-0.05, 0) is 85.6 Å². The minimum absolute atomic E-state index is 0.0844. The minimum atomic E-state index is -0.796. The second-order valence-electron chi connectivity index (χ2n) is 9.02. The summed E-state index contributed by atoms with van der Waals surface area (Å²) in [5.41, 5.74) is 1.97. The summed E-state index contributed by atoms with van der Waals surface area (Å²) in [4.78, 5) is 60.0. The highest BCUT2D eigenvalue weighted by atomic mass is 32.2. The van der Waals surface area contributed by atoms with Gasteiger partial charge >= 0.3 is 5.69 Å². The smallest absolute Gasteiger partial charge is 0.318 e. The van der Waals surface area contributed by atoms with Crippen molar-refractivity contribution in [2.45, 2.75) is 20.8 Å². The van der Waals surface area contributed by atoms with E-state index in [1.165, 1.54) is 24.3 Å². The Hall–Kier alpha value is -5.24. The van der Waals surface area contributed by atoms with Gasteiger partial charge in [-0.25, -0.2) is 0 Å². The van der Waals surface area contributed by atoms with Crippen LogP contribution in [0.2, 0.25) is 0 Å². The SMILES string of the molecule is CCOc1cc(/C=C2/SC(=O)N(CC(=O)Nc3ccc(C)c(C)c3)C2=O)ccc1Oc1ccc([N+](=O)[O-])cc1[N+](=O)[O-]. The molecule has 3 aromatic carbocycles. The number of thioether (sulfide) groups is 1. The van der Waals surface area contributed by atoms with Crippen molar-refractivity contribution in [2.24, 2.45) is 0 Å². The van der Waals surface area contributed by atoms with Crippen molar-refractivity contribution < 1.29 is 33.7 Å². The van der Waals surface area contributed by atoms with Crippen molar-refractivity contribution in [1.29, 1.82) is 0 Å². The van der Waals surface area contributed by atoms with Crippen LogP contribution >= 0.6 is 11.8 Å². The summed E-state index contributed by atoms with van der Waals surface area (Å²) in [5, 5.41) is 24.6. The number of amides is 3. The number of nitro benzene ring substituents is 2. The molecule has 3 amide bonds. The van der Waals surface area contributed by atoms with Crippen molar-refractivity contribution in [3.05, 3.63) is 96.4 Å². The molecule has 1 aliphatic heterocycles. The molecule has 0 radical (unpaired) electrons. The van der Waals surface area contributed by atoms with Gasteiger partial charge in [0.2, 0.25) is 11.7 Å². The van der Waals surface area contributed by atoms with Crippen molar-refractivity contribution in [3.63, 3.8) is 0 Å². The van der Waals surface area contributed by atoms with Gasteiger partial charge in [0.05, 0.1) is 27.4 Å². The van der Waals surface area contributed by atoms with Crippen molar-refractivity contribution >= 4 is 52.0 Å². The van der Waals surface area contributed by atoms with Crippen LogP contribution < -0.4 is 14.8 Å². The van der Waals surface area contributed by atoms with Gasteiger partial charge in [0.15, 0.2) is 11.5 Å². The van der Waals surface area contributed by atoms with E-state index < -0.39 is 44.8 Å². The lowest BCUT2D eigenvalue weighted by Gasteiger charge is -2.13. The predicted molar refractivity (Wildman–Crippen MR) is 155 cm³/mol. The summed E-state index contributed by atoms with van der Waals surface area (Å²) in [6.45, 7) is 5.30. The summed E-state index contributed by atoms with van der Waals surface area (Å²) in [7, 11) is 0. The van der Waals surface area contributed by atoms with Crippen LogP contribution in [0.5, 0.6) is 17.2 Å². The fourth-order valence-corrected chi connectivity index (χ4v) is 4.72. The topological polar surface area (TPSA) is 171 Å². The first-order valence-electron chi connectivity index (χ1n) is 12.5. The first-order valence-corrected chi connectivity index (χ1v) is 13.3. The van der Waals surface area contributed by atoms with E-state index in [9.17, 15) is 34.6 Å². The van der Waals surface area contributed by atoms with Crippen LogP contribution in [0.15, 0.2) is 59.5 Å². The first kappa shape index (κ1) is 29.7. The fourth-order valence-electron chi connectivity index (χ4n) is 3.88. The summed E-state index contributed by atoms with van der Waals surface area (Å²) in [6.07, 6.45) is 1.45. The molecule has 1 saturated heterocycles. The lowest BCUT2D eigenvalue weighted by atomic mass is 10.1. The van der Waals surface area contributed by atoms with Crippen LogP contribution in [0.4, 0.5) is 21.9 Å². The lowest BCUT2D eigenvalue weighted by Crippen LogP contribution is -2.36. The zero-order valence-corrected chi connectivity index (χ0v) is 23.4. The molecule has 13 nitrogen and oxygen atoms in total. The zero-order chi connectivity index (χ0) is 30.6. The van der Waals surface area contributed by atoms with E-state index in [4.69, 9.17) is 9.47 Å². The maximum atomic E-state index is 13.0. The highest BCUT2D eigenvalue weighted by Gasteiger charge is 2.36. The number of aryl methyl sites for hydroxylation is 2. The van der Waals surface area contributed by atoms with E-state index >= 15 is 0 Å². The number of nitrogens with zero attached hydrogens (tertiary/aromatic N) is 3. The average molecular weight is 593 g/mol. The van der Waals surface area contributed by atoms with Crippen molar-refractivity contribution in [3.8, 4) is 17.2 Å². The van der Waals surface area contributed by atoms with Crippen LogP contribution in [0.3, 0.4) is 0 Å². The molecule has 42 heavy (non-hydrogen) atoms. The van der Waals surface area contributed by atoms with E-state index in [-0.39, 0.29) is 28.8 Å². The number of benzene rings is 3. The summed E-state index contributed by atoms with van der Waals surface area (Å²) >= 11 is 0.681. The molecule has 1 aliphatic rings. The first-order chi connectivity index (χ1) is 20.0. The number of nitro groups is 2. The third-order valence-corrected chi connectivity index (χ3v) is 7.01. The molecule has 1 fully saturated rings. The molecule has 0 saturated carbocycles. The Morgan fingerprint density at radius 1 is 0.952 bits per heavy atom. The van der Waals surface area contributed by atoms with Crippen LogP contribution in [-0.4, -0.2) is 45.0 Å². The largest absolute Gasteiger partial charge is 0.490 e. The number of non-ortho nitro benzene ring substituents is 1. The van der Waals surface area contributed by atoms with E-state index in [1.54, 1.807) is 19.1 Å². The number of hydrogen-bond donors (Lipinski definition) is 1. The highest BCUT2D eigenvalue weighted by molar-refractivity contribution is 8.18. The molecule has 0 bridgehead atoms. The maximum absolute atomic E-state index is 13.0. The molecule has 3 aromatic rings. The van der Waals surface area contributed by atoms with Crippen molar-refractivity contribution in [2.75, 3.05) is 18.5 Å². The minimum Gasteiger partial charge on any atom is -0.490 e. The maximum Gasteiger partial charge on any atom is 0.318 e. The van der Waals surface area contributed by atoms with Crippen LogP contribution in [-0.2, 0) is 9.59 Å². The molecule has 1 N–H and O–H groups in total. The molecule has 0 aliphatic carbocycles. The predicted octanol–water partition coefficient (Wildman–Crippen LogP) is 5.99.